The predicted octanol–water partition coefficient (Wildman–Crippen LogP) is 2.54. The van der Waals surface area contributed by atoms with Crippen LogP contribution in [0, 0.1) is 0 Å². The van der Waals surface area contributed by atoms with Crippen molar-refractivity contribution in [2.45, 2.75) is 25.6 Å². The topological polar surface area (TPSA) is 63.9 Å². The number of nitrogens with one attached hydrogen (secondary N) is 1. The molecule has 28 heavy (non-hydrogen) atoms. The molecule has 7 nitrogen and oxygen atoms in total. The Bertz CT molecular complexity index is 746. The van der Waals surface area contributed by atoms with Crippen molar-refractivity contribution in [3.8, 4) is 0 Å². The standard InChI is InChI=1S/C21H31N5O2/c1-17(18-8-5-4-6-9-18)27-12-7-10-23-21(22-2)26-11-13-28-20(16-26)19-14-24-25(3)15-19/h4-6,8-9,14-15,17,20H,7,10-13,16H2,1-3H3,(H,22,23). The normalized spacial score (nSPS) is 18.9. The third kappa shape index (κ3) is 5.56. The summed E-state index contributed by atoms with van der Waals surface area (Å²) in [6.07, 6.45) is 4.94. The smallest absolute Gasteiger partial charge is 0.193 e. The monoisotopic (exact) mass is 385 g/mol. The maximum absolute atomic E-state index is 5.94. The molecule has 1 saturated heterocycles. The highest BCUT2D eigenvalue weighted by molar-refractivity contribution is 5.80. The number of aromatic nitrogens is 2. The first kappa shape index (κ1) is 20.4. The van der Waals surface area contributed by atoms with Gasteiger partial charge in [0.05, 0.1) is 25.5 Å². The molecule has 0 spiro atoms. The molecule has 1 aromatic heterocycles. The minimum Gasteiger partial charge on any atom is -0.374 e. The lowest BCUT2D eigenvalue weighted by molar-refractivity contribution is -0.00809. The number of hydrogen-bond donors (Lipinski definition) is 1. The van der Waals surface area contributed by atoms with Gasteiger partial charge < -0.3 is 19.7 Å². The van der Waals surface area contributed by atoms with Crippen LogP contribution in [0.5, 0.6) is 0 Å². The average Bonchev–Trinajstić information content (AvgIpc) is 3.17. The second kappa shape index (κ2) is 10.2. The summed E-state index contributed by atoms with van der Waals surface area (Å²) in [5.74, 6) is 0.910. The van der Waals surface area contributed by atoms with Gasteiger partial charge in [-0.3, -0.25) is 9.67 Å². The molecule has 3 rings (SSSR count). The van der Waals surface area contributed by atoms with E-state index >= 15 is 0 Å². The van der Waals surface area contributed by atoms with Crippen molar-refractivity contribution in [2.75, 3.05) is 39.9 Å². The van der Waals surface area contributed by atoms with E-state index in [2.05, 4.69) is 39.4 Å². The van der Waals surface area contributed by atoms with Gasteiger partial charge in [0.2, 0.25) is 0 Å². The second-order valence-corrected chi connectivity index (χ2v) is 7.00. The number of guanidine groups is 1. The fourth-order valence-corrected chi connectivity index (χ4v) is 3.33. The molecule has 0 aliphatic carbocycles. The lowest BCUT2D eigenvalue weighted by Crippen LogP contribution is -2.48. The van der Waals surface area contributed by atoms with Gasteiger partial charge in [-0.15, -0.1) is 0 Å². The summed E-state index contributed by atoms with van der Waals surface area (Å²) >= 11 is 0. The molecule has 152 valence electrons. The van der Waals surface area contributed by atoms with E-state index in [0.717, 1.165) is 37.6 Å². The van der Waals surface area contributed by atoms with Crippen molar-refractivity contribution in [2.24, 2.45) is 12.0 Å². The number of rotatable bonds is 7. The molecule has 1 aliphatic heterocycles. The predicted molar refractivity (Wildman–Crippen MR) is 110 cm³/mol. The van der Waals surface area contributed by atoms with Crippen molar-refractivity contribution >= 4 is 5.96 Å². The number of benzene rings is 1. The Morgan fingerprint density at radius 3 is 2.93 bits per heavy atom. The van der Waals surface area contributed by atoms with Gasteiger partial charge in [0, 0.05) is 45.6 Å². The van der Waals surface area contributed by atoms with Crippen LogP contribution in [0.25, 0.3) is 0 Å². The van der Waals surface area contributed by atoms with Crippen LogP contribution in [0.3, 0.4) is 0 Å². The quantitative estimate of drug-likeness (QED) is 0.451. The largest absolute Gasteiger partial charge is 0.374 e. The summed E-state index contributed by atoms with van der Waals surface area (Å²) in [5.41, 5.74) is 2.31. The highest BCUT2D eigenvalue weighted by atomic mass is 16.5. The Hall–Kier alpha value is -2.38. The maximum atomic E-state index is 5.94. The van der Waals surface area contributed by atoms with Gasteiger partial charge in [-0.25, -0.2) is 0 Å². The molecule has 7 heteroatoms. The molecule has 0 amide bonds. The average molecular weight is 386 g/mol. The van der Waals surface area contributed by atoms with E-state index in [1.54, 1.807) is 4.68 Å². The summed E-state index contributed by atoms with van der Waals surface area (Å²) < 4.78 is 13.7. The molecule has 2 atom stereocenters. The van der Waals surface area contributed by atoms with Gasteiger partial charge in [0.1, 0.15) is 6.10 Å². The molecule has 1 N–H and O–H groups in total. The summed E-state index contributed by atoms with van der Waals surface area (Å²) in [4.78, 5) is 6.68. The SMILES string of the molecule is CN=C(NCCCOC(C)c1ccccc1)N1CCOC(c2cnn(C)c2)C1. The molecule has 0 saturated carbocycles. The van der Waals surface area contributed by atoms with Gasteiger partial charge in [0.25, 0.3) is 0 Å². The number of hydrogen-bond acceptors (Lipinski definition) is 4. The number of aryl methyl sites for hydroxylation is 1. The van der Waals surface area contributed by atoms with Crippen molar-refractivity contribution in [3.05, 3.63) is 53.9 Å². The second-order valence-electron chi connectivity index (χ2n) is 7.00. The molecule has 2 unspecified atom stereocenters. The van der Waals surface area contributed by atoms with Crippen LogP contribution in [-0.4, -0.2) is 60.5 Å². The molecule has 1 aromatic carbocycles. The number of nitrogens with zero attached hydrogens (tertiary/aromatic N) is 4. The van der Waals surface area contributed by atoms with Crippen LogP contribution in [-0.2, 0) is 16.5 Å². The highest BCUT2D eigenvalue weighted by Gasteiger charge is 2.25. The fourth-order valence-electron chi connectivity index (χ4n) is 3.33. The number of morpholine rings is 1. The van der Waals surface area contributed by atoms with E-state index in [4.69, 9.17) is 9.47 Å². The lowest BCUT2D eigenvalue weighted by Gasteiger charge is -2.34. The molecule has 2 heterocycles. The summed E-state index contributed by atoms with van der Waals surface area (Å²) in [6.45, 7) is 5.90. The highest BCUT2D eigenvalue weighted by Crippen LogP contribution is 2.21. The summed E-state index contributed by atoms with van der Waals surface area (Å²) in [7, 11) is 3.75. The maximum Gasteiger partial charge on any atom is 0.193 e. The molecule has 1 fully saturated rings. The van der Waals surface area contributed by atoms with E-state index in [9.17, 15) is 0 Å². The van der Waals surface area contributed by atoms with E-state index in [1.165, 1.54) is 5.56 Å². The Labute approximate surface area is 167 Å². The Balaban J connectivity index is 1.40. The van der Waals surface area contributed by atoms with E-state index in [-0.39, 0.29) is 12.2 Å². The first-order valence-electron chi connectivity index (χ1n) is 9.89. The van der Waals surface area contributed by atoms with Crippen LogP contribution in [0.4, 0.5) is 0 Å². The molecular formula is C21H31N5O2. The number of ether oxygens (including phenoxy) is 2. The minimum absolute atomic E-state index is 0.0241. The van der Waals surface area contributed by atoms with Crippen LogP contribution in [0.2, 0.25) is 0 Å². The van der Waals surface area contributed by atoms with E-state index in [1.807, 2.05) is 44.7 Å². The van der Waals surface area contributed by atoms with Crippen molar-refractivity contribution < 1.29 is 9.47 Å². The van der Waals surface area contributed by atoms with Gasteiger partial charge in [-0.05, 0) is 18.9 Å². The third-order valence-electron chi connectivity index (χ3n) is 4.92. The van der Waals surface area contributed by atoms with Crippen LogP contribution >= 0.6 is 0 Å². The molecular weight excluding hydrogens is 354 g/mol. The van der Waals surface area contributed by atoms with Gasteiger partial charge in [-0.2, -0.15) is 5.10 Å². The Morgan fingerprint density at radius 1 is 1.39 bits per heavy atom. The summed E-state index contributed by atoms with van der Waals surface area (Å²) in [6, 6.07) is 10.3. The van der Waals surface area contributed by atoms with Crippen LogP contribution < -0.4 is 5.32 Å². The molecule has 1 aliphatic rings. The zero-order valence-electron chi connectivity index (χ0n) is 17.0. The fraction of sp³-hybridized carbons (Fsp3) is 0.524. The molecule has 0 radical (unpaired) electrons. The van der Waals surface area contributed by atoms with Gasteiger partial charge >= 0.3 is 0 Å². The first-order valence-corrected chi connectivity index (χ1v) is 9.89. The lowest BCUT2D eigenvalue weighted by atomic mass is 10.1. The third-order valence-corrected chi connectivity index (χ3v) is 4.92. The molecule has 0 bridgehead atoms. The first-order chi connectivity index (χ1) is 13.7. The zero-order chi connectivity index (χ0) is 19.8. The van der Waals surface area contributed by atoms with Gasteiger partial charge in [0.15, 0.2) is 5.96 Å². The molecule has 2 aromatic rings. The minimum atomic E-state index is 0.0241. The van der Waals surface area contributed by atoms with Crippen molar-refractivity contribution in [1.82, 2.24) is 20.0 Å². The Kier molecular flexibility index (Phi) is 7.45. The van der Waals surface area contributed by atoms with E-state index in [0.29, 0.717) is 13.2 Å². The van der Waals surface area contributed by atoms with Crippen molar-refractivity contribution in [3.63, 3.8) is 0 Å². The van der Waals surface area contributed by atoms with Crippen LogP contribution in [0.15, 0.2) is 47.7 Å². The number of aliphatic imine (C=N–C) groups is 1. The van der Waals surface area contributed by atoms with Gasteiger partial charge in [-0.1, -0.05) is 30.3 Å². The zero-order valence-corrected chi connectivity index (χ0v) is 17.0. The summed E-state index contributed by atoms with van der Waals surface area (Å²) in [5, 5.41) is 7.70. The van der Waals surface area contributed by atoms with Crippen LogP contribution in [0.1, 0.15) is 36.7 Å². The van der Waals surface area contributed by atoms with Crippen molar-refractivity contribution in [1.29, 1.82) is 0 Å². The van der Waals surface area contributed by atoms with E-state index < -0.39 is 0 Å². The Morgan fingerprint density at radius 2 is 2.21 bits per heavy atom.